The fourth-order valence-electron chi connectivity index (χ4n) is 3.92. The number of aromatic nitrogens is 2. The second-order valence-electron chi connectivity index (χ2n) is 7.00. The maximum Gasteiger partial charge on any atom is 0.320 e. The van der Waals surface area contributed by atoms with Crippen molar-refractivity contribution < 1.29 is 9.59 Å². The first kappa shape index (κ1) is 18.7. The zero-order valence-corrected chi connectivity index (χ0v) is 16.1. The molecule has 0 N–H and O–H groups in total. The van der Waals surface area contributed by atoms with Crippen LogP contribution in [0.25, 0.3) is 0 Å². The Morgan fingerprint density at radius 1 is 1.19 bits per heavy atom. The van der Waals surface area contributed by atoms with Crippen LogP contribution in [0.15, 0.2) is 12.4 Å². The van der Waals surface area contributed by atoms with Crippen molar-refractivity contribution >= 4 is 17.6 Å². The summed E-state index contributed by atoms with van der Waals surface area (Å²) in [4.78, 5) is 33.4. The van der Waals surface area contributed by atoms with Gasteiger partial charge in [0.25, 0.3) is 0 Å². The normalized spacial score (nSPS) is 22.0. The Kier molecular flexibility index (Phi) is 5.80. The van der Waals surface area contributed by atoms with Gasteiger partial charge in [0, 0.05) is 59.1 Å². The van der Waals surface area contributed by atoms with Gasteiger partial charge < -0.3 is 14.7 Å². The number of nitrogens with zero attached hydrogens (tertiary/aromatic N) is 6. The fraction of sp³-hybridized carbons (Fsp3) is 0.722. The highest BCUT2D eigenvalue weighted by atomic mass is 16.2. The summed E-state index contributed by atoms with van der Waals surface area (Å²) in [6, 6.07) is 0.0243. The van der Waals surface area contributed by atoms with Gasteiger partial charge in [-0.25, -0.2) is 4.79 Å². The molecule has 8 heteroatoms. The number of anilines is 1. The first-order chi connectivity index (χ1) is 12.5. The van der Waals surface area contributed by atoms with Gasteiger partial charge in [0.15, 0.2) is 0 Å². The van der Waals surface area contributed by atoms with E-state index < -0.39 is 0 Å². The molecule has 3 heterocycles. The van der Waals surface area contributed by atoms with E-state index in [9.17, 15) is 9.59 Å². The van der Waals surface area contributed by atoms with Crippen molar-refractivity contribution in [2.45, 2.75) is 32.7 Å². The third-order valence-electron chi connectivity index (χ3n) is 5.47. The van der Waals surface area contributed by atoms with Crippen molar-refractivity contribution in [1.82, 2.24) is 24.5 Å². The van der Waals surface area contributed by atoms with Crippen molar-refractivity contribution in [3.63, 3.8) is 0 Å². The van der Waals surface area contributed by atoms with Gasteiger partial charge in [-0.15, -0.1) is 0 Å². The van der Waals surface area contributed by atoms with E-state index in [1.54, 1.807) is 10.9 Å². The van der Waals surface area contributed by atoms with Crippen LogP contribution in [0.3, 0.4) is 0 Å². The number of aryl methyl sites for hydroxylation is 1. The zero-order chi connectivity index (χ0) is 18.7. The van der Waals surface area contributed by atoms with Crippen LogP contribution in [-0.2, 0) is 11.8 Å². The predicted molar refractivity (Wildman–Crippen MR) is 100 cm³/mol. The lowest BCUT2D eigenvalue weighted by Crippen LogP contribution is -2.59. The lowest BCUT2D eigenvalue weighted by Gasteiger charge is -2.43. The molecule has 3 amide bonds. The van der Waals surface area contributed by atoms with E-state index in [0.717, 1.165) is 51.3 Å². The standard InChI is InChI=1S/C18H30N6O2/c1-4-21(5-2)18(26)23-11-9-22(10-12-23)16-7-6-8-24(17(16)25)15-13-19-20(3)14-15/h13-14,16H,4-12H2,1-3H3/t16-/m1/s1. The Morgan fingerprint density at radius 2 is 1.88 bits per heavy atom. The summed E-state index contributed by atoms with van der Waals surface area (Å²) < 4.78 is 1.73. The molecular weight excluding hydrogens is 332 g/mol. The van der Waals surface area contributed by atoms with Crippen molar-refractivity contribution in [2.24, 2.45) is 7.05 Å². The lowest BCUT2D eigenvalue weighted by atomic mass is 10.0. The molecule has 26 heavy (non-hydrogen) atoms. The van der Waals surface area contributed by atoms with Crippen molar-refractivity contribution in [3.8, 4) is 0 Å². The van der Waals surface area contributed by atoms with E-state index in [1.807, 2.05) is 41.8 Å². The molecule has 0 spiro atoms. The summed E-state index contributed by atoms with van der Waals surface area (Å²) in [6.07, 6.45) is 5.52. The van der Waals surface area contributed by atoms with Crippen molar-refractivity contribution in [3.05, 3.63) is 12.4 Å². The molecule has 2 saturated heterocycles. The average molecular weight is 362 g/mol. The molecule has 2 aliphatic heterocycles. The maximum atomic E-state index is 13.0. The zero-order valence-electron chi connectivity index (χ0n) is 16.1. The van der Waals surface area contributed by atoms with Crippen LogP contribution in [0.1, 0.15) is 26.7 Å². The summed E-state index contributed by atoms with van der Waals surface area (Å²) in [5.41, 5.74) is 0.873. The summed E-state index contributed by atoms with van der Waals surface area (Å²) in [7, 11) is 1.86. The number of piperidine rings is 1. The van der Waals surface area contributed by atoms with Crippen molar-refractivity contribution in [2.75, 3.05) is 50.7 Å². The minimum Gasteiger partial charge on any atom is -0.325 e. The van der Waals surface area contributed by atoms with Gasteiger partial charge in [-0.05, 0) is 26.7 Å². The first-order valence-corrected chi connectivity index (χ1v) is 9.63. The number of piperazine rings is 1. The van der Waals surface area contributed by atoms with Gasteiger partial charge in [0.2, 0.25) is 5.91 Å². The van der Waals surface area contributed by atoms with E-state index >= 15 is 0 Å². The molecule has 8 nitrogen and oxygen atoms in total. The number of urea groups is 1. The molecule has 2 aliphatic rings. The Bertz CT molecular complexity index is 633. The summed E-state index contributed by atoms with van der Waals surface area (Å²) in [5.74, 6) is 0.160. The molecule has 1 aromatic rings. The molecule has 144 valence electrons. The van der Waals surface area contributed by atoms with Crippen LogP contribution in [0.4, 0.5) is 10.5 Å². The van der Waals surface area contributed by atoms with Gasteiger partial charge in [0.05, 0.1) is 17.9 Å². The number of rotatable bonds is 4. The molecule has 0 radical (unpaired) electrons. The van der Waals surface area contributed by atoms with Crippen LogP contribution in [-0.4, -0.2) is 88.3 Å². The van der Waals surface area contributed by atoms with Crippen LogP contribution >= 0.6 is 0 Å². The van der Waals surface area contributed by atoms with Gasteiger partial charge in [0.1, 0.15) is 0 Å². The average Bonchev–Trinajstić information content (AvgIpc) is 3.09. The lowest BCUT2D eigenvalue weighted by molar-refractivity contribution is -0.126. The van der Waals surface area contributed by atoms with Gasteiger partial charge in [-0.3, -0.25) is 14.4 Å². The number of carbonyl (C=O) groups is 2. The van der Waals surface area contributed by atoms with Gasteiger partial charge >= 0.3 is 6.03 Å². The number of carbonyl (C=O) groups excluding carboxylic acids is 2. The third-order valence-corrected chi connectivity index (χ3v) is 5.47. The monoisotopic (exact) mass is 362 g/mol. The predicted octanol–water partition coefficient (Wildman–Crippen LogP) is 0.995. The summed E-state index contributed by atoms with van der Waals surface area (Å²) in [5, 5.41) is 4.19. The third kappa shape index (κ3) is 3.70. The van der Waals surface area contributed by atoms with E-state index in [2.05, 4.69) is 10.00 Å². The Balaban J connectivity index is 1.60. The second-order valence-corrected chi connectivity index (χ2v) is 7.00. The summed E-state index contributed by atoms with van der Waals surface area (Å²) >= 11 is 0. The van der Waals surface area contributed by atoms with Gasteiger partial charge in [-0.1, -0.05) is 0 Å². The van der Waals surface area contributed by atoms with E-state index in [1.165, 1.54) is 0 Å². The molecule has 1 aromatic heterocycles. The van der Waals surface area contributed by atoms with Crippen LogP contribution in [0.5, 0.6) is 0 Å². The quantitative estimate of drug-likeness (QED) is 0.801. The van der Waals surface area contributed by atoms with E-state index in [0.29, 0.717) is 13.1 Å². The molecule has 0 bridgehead atoms. The highest BCUT2D eigenvalue weighted by Gasteiger charge is 2.36. The number of hydrogen-bond acceptors (Lipinski definition) is 4. The van der Waals surface area contributed by atoms with Crippen molar-refractivity contribution in [1.29, 1.82) is 0 Å². The van der Waals surface area contributed by atoms with Crippen LogP contribution in [0, 0.1) is 0 Å². The topological polar surface area (TPSA) is 64.9 Å². The Labute approximate surface area is 155 Å². The number of amides is 3. The SMILES string of the molecule is CCN(CC)C(=O)N1CCN([C@@H]2CCCN(c3cnn(C)c3)C2=O)CC1. The Morgan fingerprint density at radius 3 is 2.46 bits per heavy atom. The molecule has 0 aromatic carbocycles. The minimum absolute atomic E-state index is 0.0883. The highest BCUT2D eigenvalue weighted by Crippen LogP contribution is 2.24. The van der Waals surface area contributed by atoms with E-state index in [-0.39, 0.29) is 18.0 Å². The van der Waals surface area contributed by atoms with Crippen LogP contribution in [0.2, 0.25) is 0 Å². The number of hydrogen-bond donors (Lipinski definition) is 0. The molecular formula is C18H30N6O2. The highest BCUT2D eigenvalue weighted by molar-refractivity contribution is 5.97. The maximum absolute atomic E-state index is 13.0. The second kappa shape index (κ2) is 8.07. The first-order valence-electron chi connectivity index (χ1n) is 9.63. The molecule has 0 aliphatic carbocycles. The molecule has 3 rings (SSSR count). The van der Waals surface area contributed by atoms with Gasteiger partial charge in [-0.2, -0.15) is 5.10 Å². The molecule has 0 saturated carbocycles. The Hall–Kier alpha value is -2.09. The smallest absolute Gasteiger partial charge is 0.320 e. The minimum atomic E-state index is -0.0883. The molecule has 0 unspecified atom stereocenters. The largest absolute Gasteiger partial charge is 0.325 e. The fourth-order valence-corrected chi connectivity index (χ4v) is 3.92. The van der Waals surface area contributed by atoms with Crippen LogP contribution < -0.4 is 4.90 Å². The molecule has 1 atom stereocenters. The van der Waals surface area contributed by atoms with E-state index in [4.69, 9.17) is 0 Å². The molecule has 2 fully saturated rings. The summed E-state index contributed by atoms with van der Waals surface area (Å²) in [6.45, 7) is 9.11.